The standard InChI is InChI=1S/C16H15BrN2O3S/c17-14-7-6-11(23(18,21)22)9-13(14)16(20)19-15-8-5-10-3-1-2-4-12(10)15/h1-4,6-7,9,15H,5,8H2,(H,19,20)(H2,18,21,22). The summed E-state index contributed by atoms with van der Waals surface area (Å²) in [7, 11) is -3.85. The lowest BCUT2D eigenvalue weighted by Gasteiger charge is -2.15. The van der Waals surface area contributed by atoms with E-state index in [9.17, 15) is 13.2 Å². The molecule has 2 aromatic rings. The van der Waals surface area contributed by atoms with Crippen LogP contribution in [0.1, 0.15) is 33.9 Å². The highest BCUT2D eigenvalue weighted by Crippen LogP contribution is 2.31. The second kappa shape index (κ2) is 6.07. The minimum absolute atomic E-state index is 0.0660. The molecular weight excluding hydrogens is 380 g/mol. The molecule has 1 aliphatic rings. The summed E-state index contributed by atoms with van der Waals surface area (Å²) >= 11 is 3.28. The number of amides is 1. The fraction of sp³-hybridized carbons (Fsp3) is 0.188. The summed E-state index contributed by atoms with van der Waals surface area (Å²) in [6.45, 7) is 0. The number of hydrogen-bond donors (Lipinski definition) is 2. The molecule has 1 unspecified atom stereocenters. The Morgan fingerprint density at radius 2 is 1.96 bits per heavy atom. The molecule has 7 heteroatoms. The molecule has 0 spiro atoms. The van der Waals surface area contributed by atoms with Crippen molar-refractivity contribution in [2.45, 2.75) is 23.8 Å². The first-order valence-corrected chi connectivity index (χ1v) is 9.41. The molecule has 0 saturated carbocycles. The molecular formula is C16H15BrN2O3S. The number of benzene rings is 2. The fourth-order valence-electron chi connectivity index (χ4n) is 2.80. The lowest BCUT2D eigenvalue weighted by molar-refractivity contribution is 0.0935. The van der Waals surface area contributed by atoms with E-state index in [1.807, 2.05) is 18.2 Å². The number of primary sulfonamides is 1. The molecule has 1 amide bonds. The van der Waals surface area contributed by atoms with Gasteiger partial charge in [0.1, 0.15) is 0 Å². The summed E-state index contributed by atoms with van der Waals surface area (Å²) in [5.74, 6) is -0.330. The number of hydrogen-bond acceptors (Lipinski definition) is 3. The zero-order chi connectivity index (χ0) is 16.6. The predicted octanol–water partition coefficient (Wildman–Crippen LogP) is 2.51. The van der Waals surface area contributed by atoms with Crippen LogP contribution in [-0.4, -0.2) is 14.3 Å². The minimum atomic E-state index is -3.85. The molecule has 2 aromatic carbocycles. The van der Waals surface area contributed by atoms with Gasteiger partial charge in [0.25, 0.3) is 5.91 Å². The molecule has 1 aliphatic carbocycles. The van der Waals surface area contributed by atoms with Crippen LogP contribution >= 0.6 is 15.9 Å². The maximum absolute atomic E-state index is 12.5. The molecule has 0 aliphatic heterocycles. The Bertz CT molecular complexity index is 881. The number of fused-ring (bicyclic) bond motifs is 1. The van der Waals surface area contributed by atoms with Gasteiger partial charge in [-0.1, -0.05) is 24.3 Å². The first kappa shape index (κ1) is 16.2. The first-order chi connectivity index (χ1) is 10.9. The number of nitrogens with one attached hydrogen (secondary N) is 1. The van der Waals surface area contributed by atoms with Crippen molar-refractivity contribution in [2.24, 2.45) is 5.14 Å². The third kappa shape index (κ3) is 3.31. The Kier molecular flexibility index (Phi) is 4.27. The van der Waals surface area contributed by atoms with Gasteiger partial charge in [0.15, 0.2) is 0 Å². The Balaban J connectivity index is 1.88. The summed E-state index contributed by atoms with van der Waals surface area (Å²) in [4.78, 5) is 12.4. The smallest absolute Gasteiger partial charge is 0.252 e. The number of rotatable bonds is 3. The Hall–Kier alpha value is -1.70. The number of nitrogens with two attached hydrogens (primary N) is 1. The van der Waals surface area contributed by atoms with Crippen LogP contribution in [0.2, 0.25) is 0 Å². The molecule has 120 valence electrons. The summed E-state index contributed by atoms with van der Waals surface area (Å²) < 4.78 is 23.4. The molecule has 0 fully saturated rings. The van der Waals surface area contributed by atoms with Crippen LogP contribution < -0.4 is 10.5 Å². The van der Waals surface area contributed by atoms with Gasteiger partial charge in [-0.2, -0.15) is 0 Å². The van der Waals surface area contributed by atoms with Crippen molar-refractivity contribution in [3.8, 4) is 0 Å². The Morgan fingerprint density at radius 3 is 2.70 bits per heavy atom. The highest BCUT2D eigenvalue weighted by molar-refractivity contribution is 9.10. The van der Waals surface area contributed by atoms with Crippen LogP contribution in [-0.2, 0) is 16.4 Å². The largest absolute Gasteiger partial charge is 0.345 e. The maximum Gasteiger partial charge on any atom is 0.252 e. The monoisotopic (exact) mass is 394 g/mol. The number of carbonyl (C=O) groups excluding carboxylic acids is 1. The molecule has 0 heterocycles. The molecule has 0 saturated heterocycles. The normalized spacial score (nSPS) is 16.9. The van der Waals surface area contributed by atoms with E-state index in [2.05, 4.69) is 27.3 Å². The predicted molar refractivity (Wildman–Crippen MR) is 90.5 cm³/mol. The summed E-state index contributed by atoms with van der Waals surface area (Å²) in [5, 5.41) is 8.09. The van der Waals surface area contributed by atoms with E-state index in [-0.39, 0.29) is 22.4 Å². The van der Waals surface area contributed by atoms with Crippen molar-refractivity contribution in [1.82, 2.24) is 5.32 Å². The molecule has 5 nitrogen and oxygen atoms in total. The Labute approximate surface area is 143 Å². The van der Waals surface area contributed by atoms with Crippen LogP contribution in [0.4, 0.5) is 0 Å². The summed E-state index contributed by atoms with van der Waals surface area (Å²) in [5.41, 5.74) is 2.59. The number of aryl methyl sites for hydroxylation is 1. The minimum Gasteiger partial charge on any atom is -0.345 e. The topological polar surface area (TPSA) is 89.3 Å². The van der Waals surface area contributed by atoms with Gasteiger partial charge in [-0.15, -0.1) is 0 Å². The number of carbonyl (C=O) groups is 1. The van der Waals surface area contributed by atoms with Crippen molar-refractivity contribution in [2.75, 3.05) is 0 Å². The van der Waals surface area contributed by atoms with Gasteiger partial charge in [0.05, 0.1) is 16.5 Å². The van der Waals surface area contributed by atoms with Crippen LogP contribution in [0.3, 0.4) is 0 Å². The zero-order valence-electron chi connectivity index (χ0n) is 12.1. The van der Waals surface area contributed by atoms with Gasteiger partial charge < -0.3 is 5.32 Å². The third-order valence-electron chi connectivity index (χ3n) is 3.95. The Morgan fingerprint density at radius 1 is 1.22 bits per heavy atom. The average molecular weight is 395 g/mol. The first-order valence-electron chi connectivity index (χ1n) is 7.07. The maximum atomic E-state index is 12.5. The van der Waals surface area contributed by atoms with Gasteiger partial charge >= 0.3 is 0 Å². The van der Waals surface area contributed by atoms with Gasteiger partial charge in [0.2, 0.25) is 10.0 Å². The fourth-order valence-corrected chi connectivity index (χ4v) is 3.76. The van der Waals surface area contributed by atoms with E-state index < -0.39 is 10.0 Å². The van der Waals surface area contributed by atoms with E-state index in [1.165, 1.54) is 23.8 Å². The van der Waals surface area contributed by atoms with Crippen molar-refractivity contribution >= 4 is 31.9 Å². The van der Waals surface area contributed by atoms with Crippen molar-refractivity contribution in [3.05, 3.63) is 63.6 Å². The van der Waals surface area contributed by atoms with E-state index in [0.29, 0.717) is 4.47 Å². The molecule has 0 aromatic heterocycles. The van der Waals surface area contributed by atoms with Crippen LogP contribution in [0.15, 0.2) is 51.8 Å². The zero-order valence-corrected chi connectivity index (χ0v) is 14.5. The highest BCUT2D eigenvalue weighted by atomic mass is 79.9. The second-order valence-electron chi connectivity index (χ2n) is 5.45. The van der Waals surface area contributed by atoms with Crippen LogP contribution in [0.5, 0.6) is 0 Å². The SMILES string of the molecule is NS(=O)(=O)c1ccc(Br)c(C(=O)NC2CCc3ccccc32)c1. The molecule has 23 heavy (non-hydrogen) atoms. The van der Waals surface area contributed by atoms with E-state index in [4.69, 9.17) is 5.14 Å². The third-order valence-corrected chi connectivity index (χ3v) is 5.55. The number of halogens is 1. The van der Waals surface area contributed by atoms with Gasteiger partial charge in [-0.3, -0.25) is 4.79 Å². The van der Waals surface area contributed by atoms with Gasteiger partial charge in [0, 0.05) is 4.47 Å². The summed E-state index contributed by atoms with van der Waals surface area (Å²) in [6.07, 6.45) is 1.75. The number of sulfonamides is 1. The average Bonchev–Trinajstić information content (AvgIpc) is 2.90. The molecule has 1 atom stereocenters. The molecule has 3 N–H and O–H groups in total. The van der Waals surface area contributed by atoms with Gasteiger partial charge in [-0.25, -0.2) is 13.6 Å². The van der Waals surface area contributed by atoms with Crippen LogP contribution in [0.25, 0.3) is 0 Å². The van der Waals surface area contributed by atoms with E-state index in [1.54, 1.807) is 0 Å². The molecule has 0 bridgehead atoms. The van der Waals surface area contributed by atoms with Crippen LogP contribution in [0, 0.1) is 0 Å². The van der Waals surface area contributed by atoms with Crippen molar-refractivity contribution in [3.63, 3.8) is 0 Å². The van der Waals surface area contributed by atoms with Crippen molar-refractivity contribution in [1.29, 1.82) is 0 Å². The van der Waals surface area contributed by atoms with E-state index in [0.717, 1.165) is 18.4 Å². The van der Waals surface area contributed by atoms with E-state index >= 15 is 0 Å². The quantitative estimate of drug-likeness (QED) is 0.837. The molecule has 0 radical (unpaired) electrons. The lowest BCUT2D eigenvalue weighted by Crippen LogP contribution is -2.27. The summed E-state index contributed by atoms with van der Waals surface area (Å²) in [6, 6.07) is 12.1. The second-order valence-corrected chi connectivity index (χ2v) is 7.87. The lowest BCUT2D eigenvalue weighted by atomic mass is 10.1. The highest BCUT2D eigenvalue weighted by Gasteiger charge is 2.25. The van der Waals surface area contributed by atoms with Gasteiger partial charge in [-0.05, 0) is 58.1 Å². The van der Waals surface area contributed by atoms with Crippen molar-refractivity contribution < 1.29 is 13.2 Å². The molecule has 3 rings (SSSR count).